The zero-order valence-electron chi connectivity index (χ0n) is 12.9. The molecule has 108 valence electrons. The summed E-state index contributed by atoms with van der Waals surface area (Å²) in [5.41, 5.74) is 0. The molecule has 1 aliphatic heterocycles. The van der Waals surface area contributed by atoms with E-state index in [0.29, 0.717) is 0 Å². The minimum absolute atomic E-state index is 1.37. The molecule has 0 spiro atoms. The summed E-state index contributed by atoms with van der Waals surface area (Å²) in [7, 11) is 0. The van der Waals surface area contributed by atoms with Gasteiger partial charge in [0.25, 0.3) is 0 Å². The van der Waals surface area contributed by atoms with Crippen molar-refractivity contribution in [3.63, 3.8) is 0 Å². The molecule has 0 aromatic carbocycles. The second-order valence-corrected chi connectivity index (χ2v) is 5.43. The Bertz CT molecular complexity index is 159. The van der Waals surface area contributed by atoms with Gasteiger partial charge in [-0.3, -0.25) is 0 Å². The fraction of sp³-hybridized carbons (Fsp3) is 0.882. The topological polar surface area (TPSA) is 3.24 Å². The highest BCUT2D eigenvalue weighted by Gasteiger charge is 2.09. The molecule has 1 heterocycles. The van der Waals surface area contributed by atoms with E-state index in [1.807, 2.05) is 6.92 Å². The van der Waals surface area contributed by atoms with Crippen molar-refractivity contribution in [2.24, 2.45) is 0 Å². The third-order valence-electron chi connectivity index (χ3n) is 3.53. The van der Waals surface area contributed by atoms with Crippen LogP contribution < -0.4 is 0 Å². The zero-order chi connectivity index (χ0) is 13.5. The first kappa shape index (κ1) is 17.7. The van der Waals surface area contributed by atoms with Gasteiger partial charge in [-0.2, -0.15) is 0 Å². The molecule has 0 unspecified atom stereocenters. The highest BCUT2D eigenvalue weighted by atomic mass is 15.1. The molecular weight excluding hydrogens is 218 g/mol. The predicted molar refractivity (Wildman–Crippen MR) is 84.2 cm³/mol. The van der Waals surface area contributed by atoms with Crippen LogP contribution in [0, 0.1) is 0 Å². The fourth-order valence-electron chi connectivity index (χ4n) is 2.48. The average molecular weight is 253 g/mol. The minimum Gasteiger partial charge on any atom is -0.303 e. The summed E-state index contributed by atoms with van der Waals surface area (Å²) < 4.78 is 0. The normalized spacial score (nSPS) is 15.2. The Hall–Kier alpha value is -0.300. The minimum atomic E-state index is 1.37. The van der Waals surface area contributed by atoms with Gasteiger partial charge in [-0.15, -0.1) is 6.58 Å². The van der Waals surface area contributed by atoms with Gasteiger partial charge < -0.3 is 4.90 Å². The Morgan fingerprint density at radius 1 is 0.889 bits per heavy atom. The van der Waals surface area contributed by atoms with E-state index < -0.39 is 0 Å². The number of unbranched alkanes of at least 4 members (excludes halogenated alkanes) is 7. The smallest absolute Gasteiger partial charge is 0.00183 e. The van der Waals surface area contributed by atoms with E-state index in [0.717, 1.165) is 0 Å². The van der Waals surface area contributed by atoms with Crippen LogP contribution in [-0.2, 0) is 0 Å². The maximum absolute atomic E-state index is 3.36. The van der Waals surface area contributed by atoms with Gasteiger partial charge in [0.05, 0.1) is 0 Å². The van der Waals surface area contributed by atoms with Crippen LogP contribution in [0.2, 0.25) is 0 Å². The van der Waals surface area contributed by atoms with Crippen LogP contribution in [-0.4, -0.2) is 24.5 Å². The van der Waals surface area contributed by atoms with Crippen LogP contribution in [0.15, 0.2) is 12.7 Å². The van der Waals surface area contributed by atoms with Crippen molar-refractivity contribution >= 4 is 0 Å². The molecule has 0 atom stereocenters. The first-order valence-corrected chi connectivity index (χ1v) is 8.14. The quantitative estimate of drug-likeness (QED) is 0.392. The molecule has 1 saturated heterocycles. The lowest BCUT2D eigenvalue weighted by Gasteiger charge is -2.13. The summed E-state index contributed by atoms with van der Waals surface area (Å²) in [5.74, 6) is 0. The second kappa shape index (κ2) is 14.8. The molecule has 0 amide bonds. The van der Waals surface area contributed by atoms with Gasteiger partial charge in [-0.1, -0.05) is 57.9 Å². The van der Waals surface area contributed by atoms with Crippen molar-refractivity contribution in [1.82, 2.24) is 4.90 Å². The van der Waals surface area contributed by atoms with Crippen molar-refractivity contribution in [3.05, 3.63) is 12.7 Å². The van der Waals surface area contributed by atoms with E-state index in [-0.39, 0.29) is 0 Å². The van der Waals surface area contributed by atoms with Gasteiger partial charge in [0.15, 0.2) is 0 Å². The van der Waals surface area contributed by atoms with Crippen molar-refractivity contribution in [3.8, 4) is 0 Å². The lowest BCUT2D eigenvalue weighted by atomic mass is 10.1. The third-order valence-corrected chi connectivity index (χ3v) is 3.53. The first-order valence-electron chi connectivity index (χ1n) is 8.14. The molecule has 1 nitrogen and oxygen atoms in total. The maximum Gasteiger partial charge on any atom is -0.00183 e. The van der Waals surface area contributed by atoms with Gasteiger partial charge in [0, 0.05) is 0 Å². The molecule has 0 saturated carbocycles. The Labute approximate surface area is 116 Å². The summed E-state index contributed by atoms with van der Waals surface area (Å²) in [4.78, 5) is 2.64. The summed E-state index contributed by atoms with van der Waals surface area (Å²) in [5, 5.41) is 0. The van der Waals surface area contributed by atoms with Crippen molar-refractivity contribution < 1.29 is 0 Å². The molecule has 0 bridgehead atoms. The van der Waals surface area contributed by atoms with Crippen LogP contribution in [0.4, 0.5) is 0 Å². The predicted octanol–water partition coefficient (Wildman–Crippen LogP) is 5.42. The summed E-state index contributed by atoms with van der Waals surface area (Å²) in [6.07, 6.45) is 16.2. The number of nitrogens with zero attached hydrogens (tertiary/aromatic N) is 1. The third kappa shape index (κ3) is 12.2. The Morgan fingerprint density at radius 3 is 1.83 bits per heavy atom. The first-order chi connectivity index (χ1) is 8.85. The molecule has 0 aromatic rings. The Kier molecular flexibility index (Phi) is 14.5. The highest BCUT2D eigenvalue weighted by Crippen LogP contribution is 2.11. The number of likely N-dealkylation sites (tertiary alicyclic amines) is 1. The largest absolute Gasteiger partial charge is 0.303 e. The van der Waals surface area contributed by atoms with Crippen molar-refractivity contribution in [2.45, 2.75) is 78.1 Å². The molecule has 1 fully saturated rings. The fourth-order valence-corrected chi connectivity index (χ4v) is 2.48. The standard InChI is InChI=1S/C14H29N.C3H6/c1-2-3-4-5-6-7-8-9-12-15-13-10-11-14-15;1-3-2/h2-14H2,1H3;3H,1H2,2H3. The Morgan fingerprint density at radius 2 is 1.33 bits per heavy atom. The van der Waals surface area contributed by atoms with E-state index in [1.54, 1.807) is 6.08 Å². The zero-order valence-corrected chi connectivity index (χ0v) is 12.9. The van der Waals surface area contributed by atoms with Crippen LogP contribution in [0.3, 0.4) is 0 Å². The van der Waals surface area contributed by atoms with Gasteiger partial charge in [0.2, 0.25) is 0 Å². The monoisotopic (exact) mass is 253 g/mol. The number of allylic oxidation sites excluding steroid dienone is 1. The second-order valence-electron chi connectivity index (χ2n) is 5.43. The maximum atomic E-state index is 3.36. The number of rotatable bonds is 9. The Balaban J connectivity index is 0.000000873. The molecule has 0 radical (unpaired) electrons. The summed E-state index contributed by atoms with van der Waals surface area (Å²) in [6.45, 7) is 11.7. The number of hydrogen-bond acceptors (Lipinski definition) is 1. The van der Waals surface area contributed by atoms with E-state index in [1.165, 1.54) is 83.8 Å². The lowest BCUT2D eigenvalue weighted by Crippen LogP contribution is -2.20. The van der Waals surface area contributed by atoms with E-state index in [4.69, 9.17) is 0 Å². The van der Waals surface area contributed by atoms with Gasteiger partial charge >= 0.3 is 0 Å². The molecule has 18 heavy (non-hydrogen) atoms. The molecule has 1 heteroatoms. The van der Waals surface area contributed by atoms with Gasteiger partial charge in [-0.25, -0.2) is 0 Å². The molecule has 0 aromatic heterocycles. The van der Waals surface area contributed by atoms with Gasteiger partial charge in [0.1, 0.15) is 0 Å². The molecule has 1 aliphatic rings. The molecule has 0 aliphatic carbocycles. The van der Waals surface area contributed by atoms with E-state index >= 15 is 0 Å². The van der Waals surface area contributed by atoms with Crippen LogP contribution in [0.25, 0.3) is 0 Å². The van der Waals surface area contributed by atoms with Crippen LogP contribution in [0.1, 0.15) is 78.1 Å². The lowest BCUT2D eigenvalue weighted by molar-refractivity contribution is 0.327. The van der Waals surface area contributed by atoms with Crippen LogP contribution in [0.5, 0.6) is 0 Å². The average Bonchev–Trinajstić information content (AvgIpc) is 2.87. The van der Waals surface area contributed by atoms with E-state index in [2.05, 4.69) is 18.4 Å². The van der Waals surface area contributed by atoms with Gasteiger partial charge in [-0.05, 0) is 45.8 Å². The molecular formula is C17H35N. The van der Waals surface area contributed by atoms with E-state index in [9.17, 15) is 0 Å². The summed E-state index contributed by atoms with van der Waals surface area (Å²) >= 11 is 0. The number of hydrogen-bond donors (Lipinski definition) is 0. The SMILES string of the molecule is C=CC.CCCCCCCCCCN1CCCC1. The van der Waals surface area contributed by atoms with Crippen molar-refractivity contribution in [2.75, 3.05) is 19.6 Å². The molecule has 0 N–H and O–H groups in total. The summed E-state index contributed by atoms with van der Waals surface area (Å²) in [6, 6.07) is 0. The van der Waals surface area contributed by atoms with Crippen LogP contribution >= 0.6 is 0 Å². The highest BCUT2D eigenvalue weighted by molar-refractivity contribution is 4.65. The van der Waals surface area contributed by atoms with Crippen molar-refractivity contribution in [1.29, 1.82) is 0 Å². The molecule has 1 rings (SSSR count).